The van der Waals surface area contributed by atoms with Gasteiger partial charge in [0.15, 0.2) is 0 Å². The van der Waals surface area contributed by atoms with Gasteiger partial charge >= 0.3 is 0 Å². The number of nitrogens with one attached hydrogen (secondary N) is 1. The molecule has 3 rings (SSSR count). The zero-order valence-corrected chi connectivity index (χ0v) is 10.7. The third-order valence-electron chi connectivity index (χ3n) is 3.75. The lowest BCUT2D eigenvalue weighted by Crippen LogP contribution is -2.53. The van der Waals surface area contributed by atoms with Gasteiger partial charge in [0.2, 0.25) is 5.91 Å². The van der Waals surface area contributed by atoms with Gasteiger partial charge in [0.05, 0.1) is 6.42 Å². The van der Waals surface area contributed by atoms with Crippen molar-refractivity contribution in [2.24, 2.45) is 11.8 Å². The van der Waals surface area contributed by atoms with Gasteiger partial charge in [0.25, 0.3) is 0 Å². The van der Waals surface area contributed by atoms with Crippen LogP contribution < -0.4 is 5.32 Å². The minimum absolute atomic E-state index is 0.309. The largest absolute Gasteiger partial charge is 0.342 e. The molecule has 3 heterocycles. The van der Waals surface area contributed by atoms with E-state index in [1.807, 2.05) is 11.4 Å². The average Bonchev–Trinajstić information content (AvgIpc) is 2.81. The molecule has 92 valence electrons. The van der Waals surface area contributed by atoms with Crippen molar-refractivity contribution in [3.05, 3.63) is 22.4 Å². The maximum atomic E-state index is 12.2. The summed E-state index contributed by atoms with van der Waals surface area (Å²) in [5, 5.41) is 5.50. The molecule has 0 radical (unpaired) electrons. The summed E-state index contributed by atoms with van der Waals surface area (Å²) in [7, 11) is 0. The lowest BCUT2D eigenvalue weighted by molar-refractivity contribution is -0.133. The molecular formula is C13H18N2OS. The van der Waals surface area contributed by atoms with E-state index in [2.05, 4.69) is 16.3 Å². The van der Waals surface area contributed by atoms with Crippen molar-refractivity contribution in [3.8, 4) is 0 Å². The van der Waals surface area contributed by atoms with Crippen molar-refractivity contribution in [1.29, 1.82) is 0 Å². The molecule has 2 aliphatic heterocycles. The Labute approximate surface area is 106 Å². The molecule has 2 atom stereocenters. The fourth-order valence-electron chi connectivity index (χ4n) is 2.98. The molecule has 0 aliphatic carbocycles. The van der Waals surface area contributed by atoms with Crippen LogP contribution in [0.2, 0.25) is 0 Å². The molecular weight excluding hydrogens is 232 g/mol. The van der Waals surface area contributed by atoms with Crippen molar-refractivity contribution in [1.82, 2.24) is 10.2 Å². The summed E-state index contributed by atoms with van der Waals surface area (Å²) in [5.41, 5.74) is 0. The van der Waals surface area contributed by atoms with Gasteiger partial charge in [-0.15, -0.1) is 11.3 Å². The van der Waals surface area contributed by atoms with Gasteiger partial charge in [-0.1, -0.05) is 6.07 Å². The number of nitrogens with zero attached hydrogens (tertiary/aromatic N) is 1. The van der Waals surface area contributed by atoms with Gasteiger partial charge in [-0.2, -0.15) is 0 Å². The minimum atomic E-state index is 0.309. The highest BCUT2D eigenvalue weighted by Crippen LogP contribution is 2.25. The van der Waals surface area contributed by atoms with Gasteiger partial charge in [-0.05, 0) is 42.8 Å². The van der Waals surface area contributed by atoms with E-state index < -0.39 is 0 Å². The Balaban J connectivity index is 1.62. The standard InChI is InChI=1S/C13H18N2OS/c16-13(5-12-2-1-3-17-12)15-8-10-4-11(9-15)7-14-6-10/h1-3,10-11,14H,4-9H2. The number of rotatable bonds is 2. The Morgan fingerprint density at radius 3 is 2.82 bits per heavy atom. The van der Waals surface area contributed by atoms with E-state index in [4.69, 9.17) is 0 Å². The molecule has 0 aromatic carbocycles. The van der Waals surface area contributed by atoms with E-state index in [1.54, 1.807) is 11.3 Å². The number of thiophene rings is 1. The molecule has 2 saturated heterocycles. The number of hydrogen-bond donors (Lipinski definition) is 1. The van der Waals surface area contributed by atoms with Crippen LogP contribution in [0.25, 0.3) is 0 Å². The number of piperidine rings is 2. The van der Waals surface area contributed by atoms with E-state index in [0.29, 0.717) is 24.2 Å². The Hall–Kier alpha value is -0.870. The van der Waals surface area contributed by atoms with Crippen LogP contribution in [0.15, 0.2) is 17.5 Å². The SMILES string of the molecule is O=C(Cc1cccs1)N1CC2CNCC(C2)C1. The molecule has 3 nitrogen and oxygen atoms in total. The fourth-order valence-corrected chi connectivity index (χ4v) is 3.68. The van der Waals surface area contributed by atoms with Crippen molar-refractivity contribution in [3.63, 3.8) is 0 Å². The predicted molar refractivity (Wildman–Crippen MR) is 69.1 cm³/mol. The molecule has 4 heteroatoms. The third kappa shape index (κ3) is 2.53. The first kappa shape index (κ1) is 11.2. The lowest BCUT2D eigenvalue weighted by atomic mass is 9.86. The van der Waals surface area contributed by atoms with Gasteiger partial charge < -0.3 is 10.2 Å². The molecule has 1 aromatic rings. The molecule has 0 saturated carbocycles. The van der Waals surface area contributed by atoms with Gasteiger partial charge in [0.1, 0.15) is 0 Å². The summed E-state index contributed by atoms with van der Waals surface area (Å²) in [4.78, 5) is 15.5. The van der Waals surface area contributed by atoms with Crippen molar-refractivity contribution < 1.29 is 4.79 Å². The van der Waals surface area contributed by atoms with Crippen LogP contribution in [-0.2, 0) is 11.2 Å². The van der Waals surface area contributed by atoms with Crippen molar-refractivity contribution in [2.45, 2.75) is 12.8 Å². The Kier molecular flexibility index (Phi) is 3.16. The zero-order valence-electron chi connectivity index (χ0n) is 9.89. The number of amides is 1. The van der Waals surface area contributed by atoms with Crippen LogP contribution in [0.1, 0.15) is 11.3 Å². The van der Waals surface area contributed by atoms with Crippen LogP contribution in [0, 0.1) is 11.8 Å². The molecule has 1 aromatic heterocycles. The van der Waals surface area contributed by atoms with Crippen LogP contribution in [0.3, 0.4) is 0 Å². The predicted octanol–water partition coefficient (Wildman–Crippen LogP) is 1.36. The Bertz CT molecular complexity index is 378. The first-order chi connectivity index (χ1) is 8.31. The van der Waals surface area contributed by atoms with E-state index >= 15 is 0 Å². The third-order valence-corrected chi connectivity index (χ3v) is 4.62. The molecule has 1 amide bonds. The van der Waals surface area contributed by atoms with Crippen LogP contribution in [-0.4, -0.2) is 37.0 Å². The smallest absolute Gasteiger partial charge is 0.227 e. The molecule has 2 bridgehead atoms. The van der Waals surface area contributed by atoms with Gasteiger partial charge in [0, 0.05) is 18.0 Å². The fraction of sp³-hybridized carbons (Fsp3) is 0.615. The molecule has 0 spiro atoms. The van der Waals surface area contributed by atoms with Crippen LogP contribution in [0.5, 0.6) is 0 Å². The molecule has 17 heavy (non-hydrogen) atoms. The van der Waals surface area contributed by atoms with Crippen LogP contribution >= 0.6 is 11.3 Å². The summed E-state index contributed by atoms with van der Waals surface area (Å²) in [6, 6.07) is 4.07. The van der Waals surface area contributed by atoms with Gasteiger partial charge in [-0.25, -0.2) is 0 Å². The maximum Gasteiger partial charge on any atom is 0.227 e. The lowest BCUT2D eigenvalue weighted by Gasteiger charge is -2.41. The Morgan fingerprint density at radius 1 is 1.41 bits per heavy atom. The van der Waals surface area contributed by atoms with E-state index in [1.165, 1.54) is 11.3 Å². The first-order valence-electron chi connectivity index (χ1n) is 6.32. The summed E-state index contributed by atoms with van der Waals surface area (Å²) in [6.45, 7) is 4.07. The normalized spacial score (nSPS) is 28.1. The summed E-state index contributed by atoms with van der Waals surface area (Å²) in [6.07, 6.45) is 1.89. The number of carbonyl (C=O) groups excluding carboxylic acids is 1. The van der Waals surface area contributed by atoms with Crippen molar-refractivity contribution in [2.75, 3.05) is 26.2 Å². The summed E-state index contributed by atoms with van der Waals surface area (Å²) >= 11 is 1.68. The minimum Gasteiger partial charge on any atom is -0.342 e. The summed E-state index contributed by atoms with van der Waals surface area (Å²) in [5.74, 6) is 1.66. The maximum absolute atomic E-state index is 12.2. The highest BCUT2D eigenvalue weighted by molar-refractivity contribution is 7.10. The zero-order chi connectivity index (χ0) is 11.7. The second-order valence-electron chi connectivity index (χ2n) is 5.18. The molecule has 2 aliphatic rings. The second-order valence-corrected chi connectivity index (χ2v) is 6.21. The highest BCUT2D eigenvalue weighted by Gasteiger charge is 2.32. The topological polar surface area (TPSA) is 32.3 Å². The average molecular weight is 250 g/mol. The van der Waals surface area contributed by atoms with E-state index in [-0.39, 0.29) is 0 Å². The number of likely N-dealkylation sites (tertiary alicyclic amines) is 1. The molecule has 2 fully saturated rings. The quantitative estimate of drug-likeness (QED) is 0.859. The van der Waals surface area contributed by atoms with Crippen LogP contribution in [0.4, 0.5) is 0 Å². The van der Waals surface area contributed by atoms with Crippen molar-refractivity contribution >= 4 is 17.2 Å². The second kappa shape index (κ2) is 4.78. The molecule has 1 N–H and O–H groups in total. The monoisotopic (exact) mass is 250 g/mol. The number of hydrogen-bond acceptors (Lipinski definition) is 3. The Morgan fingerprint density at radius 2 is 2.18 bits per heavy atom. The van der Waals surface area contributed by atoms with Gasteiger partial charge in [-0.3, -0.25) is 4.79 Å². The van der Waals surface area contributed by atoms with E-state index in [9.17, 15) is 4.79 Å². The number of fused-ring (bicyclic) bond motifs is 2. The van der Waals surface area contributed by atoms with E-state index in [0.717, 1.165) is 26.2 Å². The first-order valence-corrected chi connectivity index (χ1v) is 7.20. The summed E-state index contributed by atoms with van der Waals surface area (Å²) < 4.78 is 0. The highest BCUT2D eigenvalue weighted by atomic mass is 32.1. The number of carbonyl (C=O) groups is 1. The molecule has 2 unspecified atom stereocenters.